The summed E-state index contributed by atoms with van der Waals surface area (Å²) in [5.41, 5.74) is 0.705. The van der Waals surface area contributed by atoms with E-state index in [1.807, 2.05) is 6.92 Å². The number of benzene rings is 1. The van der Waals surface area contributed by atoms with E-state index in [4.69, 9.17) is 9.84 Å². The highest BCUT2D eigenvalue weighted by Gasteiger charge is 2.30. The standard InChI is InChI=1S/C15H23NO4S/c1-2-10-20-14-4-3-9-16(11-14)21(18,19)15-7-5-13(12-17)6-8-15/h5-8,14,17H,2-4,9-12H2,1H3. The van der Waals surface area contributed by atoms with Gasteiger partial charge in [0.25, 0.3) is 0 Å². The van der Waals surface area contributed by atoms with Gasteiger partial charge in [0, 0.05) is 19.7 Å². The lowest BCUT2D eigenvalue weighted by atomic mass is 10.1. The molecule has 21 heavy (non-hydrogen) atoms. The number of hydrogen-bond donors (Lipinski definition) is 1. The Morgan fingerprint density at radius 1 is 1.33 bits per heavy atom. The van der Waals surface area contributed by atoms with Gasteiger partial charge in [-0.2, -0.15) is 4.31 Å². The zero-order valence-electron chi connectivity index (χ0n) is 12.4. The minimum absolute atomic E-state index is 0.00908. The van der Waals surface area contributed by atoms with E-state index in [1.54, 1.807) is 24.3 Å². The quantitative estimate of drug-likeness (QED) is 0.869. The highest BCUT2D eigenvalue weighted by atomic mass is 32.2. The summed E-state index contributed by atoms with van der Waals surface area (Å²) >= 11 is 0. The summed E-state index contributed by atoms with van der Waals surface area (Å²) in [5.74, 6) is 0. The molecule has 1 aromatic rings. The van der Waals surface area contributed by atoms with Gasteiger partial charge in [-0.25, -0.2) is 8.42 Å². The molecular weight excluding hydrogens is 290 g/mol. The van der Waals surface area contributed by atoms with Crippen molar-refractivity contribution < 1.29 is 18.3 Å². The Balaban J connectivity index is 2.10. The van der Waals surface area contributed by atoms with E-state index < -0.39 is 10.0 Å². The highest BCUT2D eigenvalue weighted by molar-refractivity contribution is 7.89. The number of sulfonamides is 1. The average molecular weight is 313 g/mol. The van der Waals surface area contributed by atoms with Crippen molar-refractivity contribution in [2.45, 2.75) is 43.8 Å². The fourth-order valence-corrected chi connectivity index (χ4v) is 3.97. The predicted molar refractivity (Wildman–Crippen MR) is 80.4 cm³/mol. The largest absolute Gasteiger partial charge is 0.392 e. The number of hydrogen-bond acceptors (Lipinski definition) is 4. The molecule has 6 heteroatoms. The molecule has 0 aliphatic carbocycles. The van der Waals surface area contributed by atoms with Gasteiger partial charge in [0.05, 0.1) is 17.6 Å². The van der Waals surface area contributed by atoms with Crippen LogP contribution in [0.4, 0.5) is 0 Å². The topological polar surface area (TPSA) is 66.8 Å². The second kappa shape index (κ2) is 7.35. The summed E-state index contributed by atoms with van der Waals surface area (Å²) in [6.45, 7) is 3.58. The Morgan fingerprint density at radius 3 is 2.67 bits per heavy atom. The van der Waals surface area contributed by atoms with Gasteiger partial charge in [0.15, 0.2) is 0 Å². The fourth-order valence-electron chi connectivity index (χ4n) is 2.46. The van der Waals surface area contributed by atoms with Crippen molar-refractivity contribution in [3.05, 3.63) is 29.8 Å². The smallest absolute Gasteiger partial charge is 0.243 e. The van der Waals surface area contributed by atoms with Crippen molar-refractivity contribution in [2.24, 2.45) is 0 Å². The molecule has 0 radical (unpaired) electrons. The zero-order valence-corrected chi connectivity index (χ0v) is 13.2. The minimum atomic E-state index is -3.47. The number of aliphatic hydroxyl groups excluding tert-OH is 1. The van der Waals surface area contributed by atoms with E-state index in [9.17, 15) is 8.42 Å². The lowest BCUT2D eigenvalue weighted by Gasteiger charge is -2.31. The monoisotopic (exact) mass is 313 g/mol. The second-order valence-electron chi connectivity index (χ2n) is 5.30. The SMILES string of the molecule is CCCOC1CCCN(S(=O)(=O)c2ccc(CO)cc2)C1. The van der Waals surface area contributed by atoms with Crippen LogP contribution in [0.25, 0.3) is 0 Å². The molecule has 1 saturated heterocycles. The van der Waals surface area contributed by atoms with Gasteiger partial charge >= 0.3 is 0 Å². The van der Waals surface area contributed by atoms with Crippen LogP contribution >= 0.6 is 0 Å². The van der Waals surface area contributed by atoms with Crippen LogP contribution in [0.2, 0.25) is 0 Å². The van der Waals surface area contributed by atoms with Crippen molar-refractivity contribution in [2.75, 3.05) is 19.7 Å². The van der Waals surface area contributed by atoms with E-state index in [0.29, 0.717) is 25.3 Å². The lowest BCUT2D eigenvalue weighted by molar-refractivity contribution is 0.0193. The number of piperidine rings is 1. The number of nitrogens with zero attached hydrogens (tertiary/aromatic N) is 1. The molecule has 1 fully saturated rings. The van der Waals surface area contributed by atoms with Gasteiger partial charge in [0.1, 0.15) is 0 Å². The maximum absolute atomic E-state index is 12.6. The molecule has 1 N–H and O–H groups in total. The van der Waals surface area contributed by atoms with Gasteiger partial charge in [-0.3, -0.25) is 0 Å². The Bertz CT molecular complexity index is 541. The number of ether oxygens (including phenoxy) is 1. The Hall–Kier alpha value is -0.950. The third-order valence-corrected chi connectivity index (χ3v) is 5.52. The van der Waals surface area contributed by atoms with E-state index in [0.717, 1.165) is 19.3 Å². The van der Waals surface area contributed by atoms with Gasteiger partial charge in [-0.15, -0.1) is 0 Å². The summed E-state index contributed by atoms with van der Waals surface area (Å²) < 4.78 is 32.4. The summed E-state index contributed by atoms with van der Waals surface area (Å²) in [7, 11) is -3.47. The van der Waals surface area contributed by atoms with Crippen LogP contribution in [-0.2, 0) is 21.4 Å². The zero-order chi connectivity index (χ0) is 15.3. The van der Waals surface area contributed by atoms with Crippen LogP contribution in [0.1, 0.15) is 31.7 Å². The van der Waals surface area contributed by atoms with Crippen molar-refractivity contribution in [3.8, 4) is 0 Å². The first kappa shape index (κ1) is 16.4. The van der Waals surface area contributed by atoms with Gasteiger partial charge in [-0.05, 0) is 37.0 Å². The summed E-state index contributed by atoms with van der Waals surface area (Å²) in [6.07, 6.45) is 2.66. The third kappa shape index (κ3) is 4.03. The molecule has 1 heterocycles. The van der Waals surface area contributed by atoms with Gasteiger partial charge in [-0.1, -0.05) is 19.1 Å². The summed E-state index contributed by atoms with van der Waals surface area (Å²) in [4.78, 5) is 0.274. The Morgan fingerprint density at radius 2 is 2.05 bits per heavy atom. The Labute approximate surface area is 126 Å². The summed E-state index contributed by atoms with van der Waals surface area (Å²) in [5, 5.41) is 9.02. The number of rotatable bonds is 6. The first-order valence-electron chi connectivity index (χ1n) is 7.39. The molecule has 0 bridgehead atoms. The third-order valence-electron chi connectivity index (χ3n) is 3.64. The maximum Gasteiger partial charge on any atom is 0.243 e. The molecule has 1 aliphatic heterocycles. The normalized spacial score (nSPS) is 20.6. The molecule has 2 rings (SSSR count). The van der Waals surface area contributed by atoms with Crippen molar-refractivity contribution in [3.63, 3.8) is 0 Å². The van der Waals surface area contributed by atoms with Gasteiger partial charge in [0.2, 0.25) is 10.0 Å². The summed E-state index contributed by atoms with van der Waals surface area (Å²) in [6, 6.07) is 6.39. The average Bonchev–Trinajstić information content (AvgIpc) is 2.53. The molecule has 118 valence electrons. The number of aliphatic hydroxyl groups is 1. The van der Waals surface area contributed by atoms with Crippen LogP contribution in [0, 0.1) is 0 Å². The predicted octanol–water partition coefficient (Wildman–Crippen LogP) is 1.76. The first-order chi connectivity index (χ1) is 10.1. The van der Waals surface area contributed by atoms with Crippen LogP contribution in [0.15, 0.2) is 29.2 Å². The molecule has 0 spiro atoms. The Kier molecular flexibility index (Phi) is 5.75. The van der Waals surface area contributed by atoms with Crippen molar-refractivity contribution in [1.82, 2.24) is 4.31 Å². The molecule has 1 atom stereocenters. The van der Waals surface area contributed by atoms with E-state index in [2.05, 4.69) is 0 Å². The van der Waals surface area contributed by atoms with E-state index >= 15 is 0 Å². The maximum atomic E-state index is 12.6. The van der Waals surface area contributed by atoms with Crippen LogP contribution < -0.4 is 0 Å². The second-order valence-corrected chi connectivity index (χ2v) is 7.24. The molecule has 1 unspecified atom stereocenters. The lowest BCUT2D eigenvalue weighted by Crippen LogP contribution is -2.43. The molecule has 1 aliphatic rings. The van der Waals surface area contributed by atoms with Crippen LogP contribution in [0.5, 0.6) is 0 Å². The highest BCUT2D eigenvalue weighted by Crippen LogP contribution is 2.22. The van der Waals surface area contributed by atoms with Crippen LogP contribution in [-0.4, -0.2) is 43.6 Å². The van der Waals surface area contributed by atoms with E-state index in [-0.39, 0.29) is 17.6 Å². The fraction of sp³-hybridized carbons (Fsp3) is 0.600. The van der Waals surface area contributed by atoms with Crippen LogP contribution in [0.3, 0.4) is 0 Å². The minimum Gasteiger partial charge on any atom is -0.392 e. The molecule has 0 saturated carbocycles. The van der Waals surface area contributed by atoms with Crippen molar-refractivity contribution >= 4 is 10.0 Å². The molecule has 0 aromatic heterocycles. The molecule has 0 amide bonds. The molecule has 1 aromatic carbocycles. The first-order valence-corrected chi connectivity index (χ1v) is 8.83. The molecular formula is C15H23NO4S. The van der Waals surface area contributed by atoms with E-state index in [1.165, 1.54) is 4.31 Å². The molecule has 5 nitrogen and oxygen atoms in total. The van der Waals surface area contributed by atoms with Gasteiger partial charge < -0.3 is 9.84 Å². The van der Waals surface area contributed by atoms with Crippen molar-refractivity contribution in [1.29, 1.82) is 0 Å².